The fourth-order valence-corrected chi connectivity index (χ4v) is 4.91. The topological polar surface area (TPSA) is 53.3 Å². The fourth-order valence-electron chi connectivity index (χ4n) is 4.19. The molecule has 0 unspecified atom stereocenters. The molecular formula is C22H23BrN4OS. The van der Waals surface area contributed by atoms with Crippen LogP contribution in [0.3, 0.4) is 0 Å². The number of β-amino-alcohol motifs (C(OH)–C–C–N with tert-alkyl or cyclic N) is 1. The molecule has 3 heterocycles. The Morgan fingerprint density at radius 1 is 1.17 bits per heavy atom. The normalized spacial score (nSPS) is 18.9. The SMILES string of the molecule is Cc1cc([C@H]2[C@@H](c3ccccn3)NC(=S)N2CCO)c(C)n1-c1cccc(Br)c1. The third kappa shape index (κ3) is 3.70. The maximum atomic E-state index is 9.65. The standard InChI is InChI=1S/C22H23BrN4OS/c1-14-12-18(15(2)27(14)17-7-5-6-16(23)13-17)21-20(19-8-3-4-9-24-19)25-22(29)26(21)10-11-28/h3-9,12-13,20-21,28H,10-11H2,1-2H3,(H,25,29)/t20-,21+/m1/s1. The van der Waals surface area contributed by atoms with Gasteiger partial charge in [-0.05, 0) is 68.0 Å². The minimum Gasteiger partial charge on any atom is -0.395 e. The molecule has 150 valence electrons. The third-order valence-electron chi connectivity index (χ3n) is 5.39. The number of aliphatic hydroxyl groups is 1. The first-order valence-corrected chi connectivity index (χ1v) is 10.7. The first-order chi connectivity index (χ1) is 14.0. The van der Waals surface area contributed by atoms with Crippen LogP contribution in [-0.2, 0) is 0 Å². The molecule has 1 fully saturated rings. The van der Waals surface area contributed by atoms with Gasteiger partial charge in [0.1, 0.15) is 0 Å². The van der Waals surface area contributed by atoms with Crippen LogP contribution in [0, 0.1) is 13.8 Å². The molecule has 1 saturated heterocycles. The van der Waals surface area contributed by atoms with Crippen molar-refractivity contribution in [1.82, 2.24) is 19.8 Å². The molecule has 0 bridgehead atoms. The van der Waals surface area contributed by atoms with Crippen molar-refractivity contribution in [3.63, 3.8) is 0 Å². The van der Waals surface area contributed by atoms with E-state index >= 15 is 0 Å². The zero-order valence-electron chi connectivity index (χ0n) is 16.3. The van der Waals surface area contributed by atoms with Crippen molar-refractivity contribution in [3.8, 4) is 5.69 Å². The molecule has 1 aromatic carbocycles. The summed E-state index contributed by atoms with van der Waals surface area (Å²) in [5, 5.41) is 13.7. The van der Waals surface area contributed by atoms with Gasteiger partial charge in [0.05, 0.1) is 24.4 Å². The van der Waals surface area contributed by atoms with Crippen LogP contribution < -0.4 is 5.32 Å². The molecule has 29 heavy (non-hydrogen) atoms. The smallest absolute Gasteiger partial charge is 0.170 e. The Bertz CT molecular complexity index is 1040. The molecule has 0 saturated carbocycles. The Kier molecular flexibility index (Phi) is 5.72. The zero-order chi connectivity index (χ0) is 20.5. The molecule has 5 nitrogen and oxygen atoms in total. The van der Waals surface area contributed by atoms with E-state index in [0.717, 1.165) is 27.2 Å². The highest BCUT2D eigenvalue weighted by Gasteiger charge is 2.41. The number of aromatic nitrogens is 2. The van der Waals surface area contributed by atoms with E-state index < -0.39 is 0 Å². The number of aliphatic hydroxyl groups excluding tert-OH is 1. The number of nitrogens with one attached hydrogen (secondary N) is 1. The molecule has 2 atom stereocenters. The van der Waals surface area contributed by atoms with Gasteiger partial charge in [-0.2, -0.15) is 0 Å². The van der Waals surface area contributed by atoms with Gasteiger partial charge in [0.25, 0.3) is 0 Å². The summed E-state index contributed by atoms with van der Waals surface area (Å²) in [5.41, 5.74) is 5.53. The Hall–Kier alpha value is -2.22. The van der Waals surface area contributed by atoms with Crippen LogP contribution in [-0.4, -0.2) is 37.8 Å². The zero-order valence-corrected chi connectivity index (χ0v) is 18.7. The Labute approximate surface area is 184 Å². The van der Waals surface area contributed by atoms with Gasteiger partial charge in [0.15, 0.2) is 5.11 Å². The first kappa shape index (κ1) is 20.1. The van der Waals surface area contributed by atoms with Crippen LogP contribution >= 0.6 is 28.1 Å². The lowest BCUT2D eigenvalue weighted by atomic mass is 9.97. The van der Waals surface area contributed by atoms with Gasteiger partial charge >= 0.3 is 0 Å². The van der Waals surface area contributed by atoms with E-state index in [9.17, 15) is 5.11 Å². The van der Waals surface area contributed by atoms with Crippen LogP contribution in [0.4, 0.5) is 0 Å². The molecule has 0 radical (unpaired) electrons. The predicted molar refractivity (Wildman–Crippen MR) is 122 cm³/mol. The minimum absolute atomic E-state index is 0.0393. The van der Waals surface area contributed by atoms with Crippen molar-refractivity contribution < 1.29 is 5.11 Å². The second-order valence-corrected chi connectivity index (χ2v) is 8.49. The van der Waals surface area contributed by atoms with E-state index in [4.69, 9.17) is 12.2 Å². The van der Waals surface area contributed by atoms with Gasteiger partial charge < -0.3 is 19.9 Å². The predicted octanol–water partition coefficient (Wildman–Crippen LogP) is 4.22. The highest BCUT2D eigenvalue weighted by molar-refractivity contribution is 9.10. The van der Waals surface area contributed by atoms with Crippen molar-refractivity contribution in [2.24, 2.45) is 0 Å². The van der Waals surface area contributed by atoms with Gasteiger partial charge in [-0.3, -0.25) is 4.98 Å². The van der Waals surface area contributed by atoms with Crippen LogP contribution in [0.1, 0.15) is 34.7 Å². The van der Waals surface area contributed by atoms with E-state index in [-0.39, 0.29) is 18.7 Å². The van der Waals surface area contributed by atoms with Crippen molar-refractivity contribution in [2.75, 3.05) is 13.2 Å². The number of halogens is 1. The van der Waals surface area contributed by atoms with E-state index in [1.807, 2.05) is 30.3 Å². The Balaban J connectivity index is 1.84. The lowest BCUT2D eigenvalue weighted by Gasteiger charge is -2.27. The highest BCUT2D eigenvalue weighted by atomic mass is 79.9. The summed E-state index contributed by atoms with van der Waals surface area (Å²) in [7, 11) is 0. The number of hydrogen-bond donors (Lipinski definition) is 2. The van der Waals surface area contributed by atoms with Gasteiger partial charge in [0, 0.05) is 34.3 Å². The summed E-state index contributed by atoms with van der Waals surface area (Å²) in [6.45, 7) is 4.76. The maximum Gasteiger partial charge on any atom is 0.170 e. The first-order valence-electron chi connectivity index (χ1n) is 9.55. The quantitative estimate of drug-likeness (QED) is 0.546. The van der Waals surface area contributed by atoms with Crippen LogP contribution in [0.15, 0.2) is 59.2 Å². The van der Waals surface area contributed by atoms with E-state index in [2.05, 4.69) is 67.7 Å². The summed E-state index contributed by atoms with van der Waals surface area (Å²) in [4.78, 5) is 6.64. The Morgan fingerprint density at radius 2 is 2.00 bits per heavy atom. The number of nitrogens with zero attached hydrogens (tertiary/aromatic N) is 3. The number of pyridine rings is 1. The average molecular weight is 471 g/mol. The van der Waals surface area contributed by atoms with Crippen molar-refractivity contribution >= 4 is 33.3 Å². The number of aryl methyl sites for hydroxylation is 1. The number of thiocarbonyl (C=S) groups is 1. The minimum atomic E-state index is -0.0771. The lowest BCUT2D eigenvalue weighted by molar-refractivity contribution is 0.223. The Morgan fingerprint density at radius 3 is 2.69 bits per heavy atom. The summed E-state index contributed by atoms with van der Waals surface area (Å²) in [5.74, 6) is 0. The second-order valence-electron chi connectivity index (χ2n) is 7.19. The van der Waals surface area contributed by atoms with Crippen LogP contribution in [0.5, 0.6) is 0 Å². The molecule has 0 amide bonds. The third-order valence-corrected chi connectivity index (χ3v) is 6.24. The molecule has 1 aliphatic heterocycles. The molecule has 7 heteroatoms. The van der Waals surface area contributed by atoms with E-state index in [1.165, 1.54) is 5.56 Å². The fraction of sp³-hybridized carbons (Fsp3) is 0.273. The molecule has 0 aliphatic carbocycles. The molecule has 2 aromatic heterocycles. The monoisotopic (exact) mass is 470 g/mol. The van der Waals surface area contributed by atoms with E-state index in [0.29, 0.717) is 11.7 Å². The number of benzene rings is 1. The van der Waals surface area contributed by atoms with Crippen molar-refractivity contribution in [3.05, 3.63) is 81.8 Å². The number of rotatable bonds is 5. The van der Waals surface area contributed by atoms with Crippen LogP contribution in [0.2, 0.25) is 0 Å². The van der Waals surface area contributed by atoms with E-state index in [1.54, 1.807) is 6.20 Å². The van der Waals surface area contributed by atoms with Crippen molar-refractivity contribution in [1.29, 1.82) is 0 Å². The largest absolute Gasteiger partial charge is 0.395 e. The lowest BCUT2D eigenvalue weighted by Crippen LogP contribution is -2.32. The molecule has 2 N–H and O–H groups in total. The maximum absolute atomic E-state index is 9.65. The molecule has 0 spiro atoms. The molecular weight excluding hydrogens is 448 g/mol. The average Bonchev–Trinajstić information content (AvgIpc) is 3.18. The summed E-state index contributed by atoms with van der Waals surface area (Å²) in [6.07, 6.45) is 1.80. The molecule has 1 aliphatic rings. The highest BCUT2D eigenvalue weighted by Crippen LogP contribution is 2.41. The van der Waals surface area contributed by atoms with Gasteiger partial charge in [-0.1, -0.05) is 28.1 Å². The van der Waals surface area contributed by atoms with Gasteiger partial charge in [0.2, 0.25) is 0 Å². The molecule has 4 rings (SSSR count). The number of hydrogen-bond acceptors (Lipinski definition) is 3. The summed E-state index contributed by atoms with van der Waals surface area (Å²) in [6, 6.07) is 16.3. The van der Waals surface area contributed by atoms with Gasteiger partial charge in [-0.15, -0.1) is 0 Å². The van der Waals surface area contributed by atoms with Crippen LogP contribution in [0.25, 0.3) is 5.69 Å². The van der Waals surface area contributed by atoms with Crippen molar-refractivity contribution in [2.45, 2.75) is 25.9 Å². The second kappa shape index (κ2) is 8.26. The summed E-state index contributed by atoms with van der Waals surface area (Å²) < 4.78 is 3.30. The van der Waals surface area contributed by atoms with Gasteiger partial charge in [-0.25, -0.2) is 0 Å². The molecule has 3 aromatic rings. The summed E-state index contributed by atoms with van der Waals surface area (Å²) >= 11 is 9.19.